The molecule has 4 rings (SSSR count). The third-order valence-electron chi connectivity index (χ3n) is 6.61. The number of aromatic hydroxyl groups is 4. The summed E-state index contributed by atoms with van der Waals surface area (Å²) < 4.78 is 12.7. The van der Waals surface area contributed by atoms with Crippen LogP contribution in [-0.4, -0.2) is 57.8 Å². The molecule has 0 aromatic heterocycles. The van der Waals surface area contributed by atoms with E-state index in [-0.39, 0.29) is 41.3 Å². The van der Waals surface area contributed by atoms with Gasteiger partial charge in [-0.05, 0) is 186 Å². The lowest BCUT2D eigenvalue weighted by atomic mass is 9.98. The summed E-state index contributed by atoms with van der Waals surface area (Å²) in [5.74, 6) is -0.432. The average molecular weight is 1150 g/mol. The van der Waals surface area contributed by atoms with Gasteiger partial charge >= 0.3 is 11.9 Å². The van der Waals surface area contributed by atoms with Gasteiger partial charge in [0.1, 0.15) is 17.2 Å². The van der Waals surface area contributed by atoms with Gasteiger partial charge in [0.15, 0.2) is 11.9 Å². The van der Waals surface area contributed by atoms with Crippen molar-refractivity contribution in [3.63, 3.8) is 0 Å². The molecule has 284 valence electrons. The second kappa shape index (κ2) is 23.4. The van der Waals surface area contributed by atoms with E-state index in [0.717, 1.165) is 25.6 Å². The summed E-state index contributed by atoms with van der Waals surface area (Å²) in [6, 6.07) is 13.9. The number of phenolic OH excluding ortho intramolecular Hbond substituents is 4. The van der Waals surface area contributed by atoms with Crippen LogP contribution in [0, 0.1) is 13.8 Å². The standard InChI is InChI=1S/C11H12Br2O3.C10H10Br2O4.C7H6Br2O.C7H6Cl2O/c1-6(3-10(14)16-2)7-4-8(12)11(15)9(13)5-7;1-16-10(15)8(13)4-5-2-6(11)9(14)7(12)3-5;2*1-4-2-5(8)7(10)6(9)3-4/h4-6,15H,3H2,1-2H3;2-3,8,13-14H,4H2,1H3;2*2-3,10H,1H3. The number of methoxy groups -OCH3 is 2. The maximum absolute atomic E-state index is 11.1. The average Bonchev–Trinajstić information content (AvgIpc) is 3.07. The predicted molar refractivity (Wildman–Crippen MR) is 225 cm³/mol. The van der Waals surface area contributed by atoms with Gasteiger partial charge in [-0.15, -0.1) is 0 Å². The Hall–Kier alpha value is -1.56. The molecular weight excluding hydrogens is 1110 g/mol. The SMILES string of the molecule is COC(=O)C(O)Cc1cc(Br)c(O)c(Br)c1.COC(=O)CC(C)c1cc(Br)c(O)c(Br)c1.Cc1cc(Br)c(O)c(Br)c1.Cc1cc(Cl)c(O)c(Cl)c1. The fraction of sp³-hybridized carbons (Fsp3) is 0.257. The van der Waals surface area contributed by atoms with Gasteiger partial charge in [0.2, 0.25) is 0 Å². The van der Waals surface area contributed by atoms with E-state index in [4.69, 9.17) is 28.3 Å². The number of hydrogen-bond donors (Lipinski definition) is 5. The first-order valence-electron chi connectivity index (χ1n) is 14.6. The molecule has 0 spiro atoms. The Morgan fingerprint density at radius 3 is 1.38 bits per heavy atom. The van der Waals surface area contributed by atoms with Crippen molar-refractivity contribution in [2.45, 2.75) is 45.6 Å². The third-order valence-corrected chi connectivity index (χ3v) is 10.8. The highest BCUT2D eigenvalue weighted by molar-refractivity contribution is 9.11. The zero-order chi connectivity index (χ0) is 40.0. The minimum atomic E-state index is -1.20. The van der Waals surface area contributed by atoms with Gasteiger partial charge < -0.3 is 35.0 Å². The zero-order valence-electron chi connectivity index (χ0n) is 28.1. The summed E-state index contributed by atoms with van der Waals surface area (Å²) in [7, 11) is 2.59. The van der Waals surface area contributed by atoms with Crippen LogP contribution in [-0.2, 0) is 25.5 Å². The third kappa shape index (κ3) is 16.0. The molecule has 2 atom stereocenters. The van der Waals surface area contributed by atoms with Crippen molar-refractivity contribution in [1.29, 1.82) is 0 Å². The van der Waals surface area contributed by atoms with Gasteiger partial charge in [-0.2, -0.15) is 0 Å². The van der Waals surface area contributed by atoms with Crippen molar-refractivity contribution in [2.24, 2.45) is 0 Å². The van der Waals surface area contributed by atoms with Crippen molar-refractivity contribution in [3.8, 4) is 23.0 Å². The number of esters is 2. The molecule has 0 radical (unpaired) electrons. The zero-order valence-corrected chi connectivity index (χ0v) is 39.1. The van der Waals surface area contributed by atoms with Gasteiger partial charge in [-0.3, -0.25) is 4.79 Å². The predicted octanol–water partition coefficient (Wildman–Crippen LogP) is 11.8. The van der Waals surface area contributed by atoms with Crippen LogP contribution in [0.2, 0.25) is 10.0 Å². The first-order valence-corrected chi connectivity index (χ1v) is 20.1. The smallest absolute Gasteiger partial charge is 0.335 e. The number of aliphatic hydroxyl groups excluding tert-OH is 1. The van der Waals surface area contributed by atoms with Crippen LogP contribution in [0.15, 0.2) is 75.4 Å². The van der Waals surface area contributed by atoms with Crippen LogP contribution in [0.1, 0.15) is 41.5 Å². The molecule has 9 nitrogen and oxygen atoms in total. The molecule has 0 saturated heterocycles. The lowest BCUT2D eigenvalue weighted by molar-refractivity contribution is -0.150. The number of phenols is 4. The fourth-order valence-corrected chi connectivity index (χ4v) is 8.40. The number of carbonyl (C=O) groups is 2. The molecule has 2 unspecified atom stereocenters. The highest BCUT2D eigenvalue weighted by Gasteiger charge is 2.18. The Labute approximate surface area is 362 Å². The van der Waals surface area contributed by atoms with Crippen LogP contribution in [0.25, 0.3) is 0 Å². The molecule has 4 aromatic carbocycles. The Morgan fingerprint density at radius 2 is 1.00 bits per heavy atom. The molecular formula is C35H34Br6Cl2O9. The minimum absolute atomic E-state index is 0.0423. The van der Waals surface area contributed by atoms with Crippen LogP contribution in [0.5, 0.6) is 23.0 Å². The molecule has 0 amide bonds. The number of aryl methyl sites for hydroxylation is 2. The van der Waals surface area contributed by atoms with E-state index in [0.29, 0.717) is 39.9 Å². The molecule has 17 heteroatoms. The topological polar surface area (TPSA) is 154 Å². The Balaban J connectivity index is 0.000000355. The highest BCUT2D eigenvalue weighted by atomic mass is 79.9. The Bertz CT molecular complexity index is 1710. The van der Waals surface area contributed by atoms with E-state index in [2.05, 4.69) is 105 Å². The number of halogens is 8. The normalized spacial score (nSPS) is 11.3. The van der Waals surface area contributed by atoms with Crippen molar-refractivity contribution in [2.75, 3.05) is 14.2 Å². The van der Waals surface area contributed by atoms with Crippen LogP contribution in [0.4, 0.5) is 0 Å². The summed E-state index contributed by atoms with van der Waals surface area (Å²) in [6.07, 6.45) is -0.752. The summed E-state index contributed by atoms with van der Waals surface area (Å²) in [4.78, 5) is 22.1. The second-order valence-electron chi connectivity index (χ2n) is 10.8. The number of hydrogen-bond acceptors (Lipinski definition) is 9. The summed E-state index contributed by atoms with van der Waals surface area (Å²) in [5.41, 5.74) is 3.71. The van der Waals surface area contributed by atoms with Gasteiger partial charge in [0, 0.05) is 6.42 Å². The molecule has 0 heterocycles. The maximum Gasteiger partial charge on any atom is 0.335 e. The Morgan fingerprint density at radius 1 is 0.635 bits per heavy atom. The van der Waals surface area contributed by atoms with E-state index in [1.807, 2.05) is 32.9 Å². The molecule has 5 N–H and O–H groups in total. The van der Waals surface area contributed by atoms with Crippen molar-refractivity contribution >= 4 is 131 Å². The van der Waals surface area contributed by atoms with E-state index in [1.165, 1.54) is 14.2 Å². The van der Waals surface area contributed by atoms with E-state index in [9.17, 15) is 30.0 Å². The van der Waals surface area contributed by atoms with Gasteiger partial charge in [-0.1, -0.05) is 30.1 Å². The molecule has 0 aliphatic carbocycles. The molecule has 0 aliphatic rings. The monoisotopic (exact) mass is 1140 g/mol. The molecule has 0 aliphatic heterocycles. The number of ether oxygens (including phenoxy) is 2. The van der Waals surface area contributed by atoms with Crippen molar-refractivity contribution in [3.05, 3.63) is 108 Å². The van der Waals surface area contributed by atoms with Gasteiger partial charge in [0.05, 0.1) is 57.5 Å². The van der Waals surface area contributed by atoms with Crippen molar-refractivity contribution < 1.29 is 44.6 Å². The van der Waals surface area contributed by atoms with E-state index < -0.39 is 12.1 Å². The lowest BCUT2D eigenvalue weighted by Crippen LogP contribution is -2.24. The number of carbonyl (C=O) groups excluding carboxylic acids is 2. The van der Waals surface area contributed by atoms with Gasteiger partial charge in [0.25, 0.3) is 0 Å². The minimum Gasteiger partial charge on any atom is -0.506 e. The molecule has 0 bridgehead atoms. The fourth-order valence-electron chi connectivity index (χ4n) is 3.88. The van der Waals surface area contributed by atoms with E-state index in [1.54, 1.807) is 36.4 Å². The number of aliphatic hydroxyl groups is 1. The Kier molecular flexibility index (Phi) is 21.8. The summed E-state index contributed by atoms with van der Waals surface area (Å²) in [5, 5.41) is 47.4. The first-order chi connectivity index (χ1) is 24.1. The first kappa shape index (κ1) is 48.5. The highest BCUT2D eigenvalue weighted by Crippen LogP contribution is 2.37. The molecule has 0 saturated carbocycles. The van der Waals surface area contributed by atoms with Crippen LogP contribution < -0.4 is 0 Å². The second-order valence-corrected chi connectivity index (χ2v) is 16.8. The maximum atomic E-state index is 11.1. The lowest BCUT2D eigenvalue weighted by Gasteiger charge is -2.12. The number of rotatable bonds is 6. The van der Waals surface area contributed by atoms with Crippen LogP contribution >= 0.6 is 119 Å². The molecule has 52 heavy (non-hydrogen) atoms. The quantitative estimate of drug-likeness (QED) is 0.119. The van der Waals surface area contributed by atoms with Gasteiger partial charge in [-0.25, -0.2) is 4.79 Å². The van der Waals surface area contributed by atoms with Crippen LogP contribution in [0.3, 0.4) is 0 Å². The van der Waals surface area contributed by atoms with Crippen molar-refractivity contribution in [1.82, 2.24) is 0 Å². The molecule has 4 aromatic rings. The summed E-state index contributed by atoms with van der Waals surface area (Å²) >= 11 is 30.4. The summed E-state index contributed by atoms with van der Waals surface area (Å²) in [6.45, 7) is 5.76. The number of benzene rings is 4. The largest absolute Gasteiger partial charge is 0.506 e. The molecule has 0 fully saturated rings. The van der Waals surface area contributed by atoms with E-state index >= 15 is 0 Å².